The van der Waals surface area contributed by atoms with Gasteiger partial charge in [-0.2, -0.15) is 0 Å². The van der Waals surface area contributed by atoms with E-state index in [1.165, 1.54) is 0 Å². The van der Waals surface area contributed by atoms with Gasteiger partial charge in [0.15, 0.2) is 0 Å². The summed E-state index contributed by atoms with van der Waals surface area (Å²) >= 11 is 0. The van der Waals surface area contributed by atoms with Crippen molar-refractivity contribution < 1.29 is 4.79 Å². The van der Waals surface area contributed by atoms with Gasteiger partial charge in [-0.15, -0.1) is 0 Å². The second-order valence-corrected chi connectivity index (χ2v) is 7.97. The molecule has 146 valence electrons. The summed E-state index contributed by atoms with van der Waals surface area (Å²) < 4.78 is 4.33. The van der Waals surface area contributed by atoms with E-state index in [0.29, 0.717) is 11.8 Å². The van der Waals surface area contributed by atoms with Crippen LogP contribution in [0.3, 0.4) is 0 Å². The summed E-state index contributed by atoms with van der Waals surface area (Å²) in [5.74, 6) is 2.34. The molecule has 1 fully saturated rings. The molecule has 0 unspecified atom stereocenters. The molecular weight excluding hydrogens is 348 g/mol. The molecule has 3 heterocycles. The number of aromatic nitrogens is 3. The maximum atomic E-state index is 12.9. The molecule has 0 bridgehead atoms. The molecule has 1 saturated heterocycles. The molecule has 1 aromatic carbocycles. The number of hydrogen-bond donors (Lipinski definition) is 0. The third kappa shape index (κ3) is 3.88. The Balaban J connectivity index is 1.34. The molecule has 1 aliphatic rings. The highest BCUT2D eigenvalue weighted by atomic mass is 16.2. The van der Waals surface area contributed by atoms with Crippen LogP contribution in [0.4, 0.5) is 0 Å². The number of likely N-dealkylation sites (tertiary alicyclic amines) is 1. The molecule has 0 radical (unpaired) electrons. The van der Waals surface area contributed by atoms with E-state index in [2.05, 4.69) is 29.6 Å². The van der Waals surface area contributed by atoms with Crippen LogP contribution >= 0.6 is 0 Å². The summed E-state index contributed by atoms with van der Waals surface area (Å²) in [5.41, 5.74) is 1.84. The van der Waals surface area contributed by atoms with E-state index in [9.17, 15) is 4.79 Å². The summed E-state index contributed by atoms with van der Waals surface area (Å²) in [5, 5.41) is 0. The second kappa shape index (κ2) is 8.05. The molecule has 2 aromatic heterocycles. The minimum Gasteiger partial charge on any atom is -0.339 e. The number of benzene rings is 1. The summed E-state index contributed by atoms with van der Waals surface area (Å²) in [6.45, 7) is 7.02. The Morgan fingerprint density at radius 3 is 2.39 bits per heavy atom. The first kappa shape index (κ1) is 18.5. The molecule has 1 aliphatic heterocycles. The van der Waals surface area contributed by atoms with Crippen LogP contribution in [0.25, 0.3) is 5.69 Å². The lowest BCUT2D eigenvalue weighted by Gasteiger charge is -2.32. The Morgan fingerprint density at radius 2 is 1.75 bits per heavy atom. The van der Waals surface area contributed by atoms with Crippen molar-refractivity contribution in [2.75, 3.05) is 13.1 Å². The van der Waals surface area contributed by atoms with Gasteiger partial charge in [0.1, 0.15) is 5.82 Å². The number of amides is 1. The Kier molecular flexibility index (Phi) is 5.33. The van der Waals surface area contributed by atoms with Crippen LogP contribution < -0.4 is 0 Å². The largest absolute Gasteiger partial charge is 0.339 e. The van der Waals surface area contributed by atoms with E-state index >= 15 is 0 Å². The van der Waals surface area contributed by atoms with Crippen LogP contribution in [0.1, 0.15) is 48.8 Å². The standard InChI is InChI=1S/C23H28N4O/c1-18(2)22-24-11-16-27(22)17-19-9-14-26(15-10-19)23(28)20-5-7-21(8-6-20)25-12-3-4-13-25/h3-8,11-13,16,18-19H,9-10,14-15,17H2,1-2H3. The van der Waals surface area contributed by atoms with Crippen molar-refractivity contribution >= 4 is 5.91 Å². The number of piperidine rings is 1. The van der Waals surface area contributed by atoms with Gasteiger partial charge in [-0.05, 0) is 55.2 Å². The van der Waals surface area contributed by atoms with Gasteiger partial charge in [-0.3, -0.25) is 4.79 Å². The van der Waals surface area contributed by atoms with Crippen molar-refractivity contribution in [1.29, 1.82) is 0 Å². The topological polar surface area (TPSA) is 43.1 Å². The maximum Gasteiger partial charge on any atom is 0.253 e. The number of nitrogens with zero attached hydrogens (tertiary/aromatic N) is 4. The van der Waals surface area contributed by atoms with Gasteiger partial charge in [0.25, 0.3) is 5.91 Å². The van der Waals surface area contributed by atoms with Crippen molar-refractivity contribution in [3.63, 3.8) is 0 Å². The summed E-state index contributed by atoms with van der Waals surface area (Å²) in [6, 6.07) is 11.9. The number of carbonyl (C=O) groups excluding carboxylic acids is 1. The molecule has 28 heavy (non-hydrogen) atoms. The summed E-state index contributed by atoms with van der Waals surface area (Å²) in [4.78, 5) is 19.4. The van der Waals surface area contributed by atoms with E-state index in [0.717, 1.165) is 49.6 Å². The molecule has 3 aromatic rings. The molecule has 0 spiro atoms. The minimum absolute atomic E-state index is 0.142. The smallest absolute Gasteiger partial charge is 0.253 e. The molecule has 5 nitrogen and oxygen atoms in total. The fourth-order valence-corrected chi connectivity index (χ4v) is 4.04. The van der Waals surface area contributed by atoms with E-state index in [1.807, 2.05) is 64.5 Å². The van der Waals surface area contributed by atoms with Gasteiger partial charge in [0.2, 0.25) is 0 Å². The first-order valence-electron chi connectivity index (χ1n) is 10.2. The summed E-state index contributed by atoms with van der Waals surface area (Å²) in [7, 11) is 0. The van der Waals surface area contributed by atoms with Gasteiger partial charge in [0.05, 0.1) is 0 Å². The van der Waals surface area contributed by atoms with Crippen molar-refractivity contribution in [2.24, 2.45) is 5.92 Å². The lowest BCUT2D eigenvalue weighted by molar-refractivity contribution is 0.0682. The van der Waals surface area contributed by atoms with Crippen LogP contribution in [-0.2, 0) is 6.54 Å². The third-order valence-corrected chi connectivity index (χ3v) is 5.64. The highest BCUT2D eigenvalue weighted by Gasteiger charge is 2.24. The van der Waals surface area contributed by atoms with E-state index in [1.54, 1.807) is 0 Å². The Morgan fingerprint density at radius 1 is 1.07 bits per heavy atom. The van der Waals surface area contributed by atoms with Gasteiger partial charge in [0, 0.05) is 61.6 Å². The van der Waals surface area contributed by atoms with Gasteiger partial charge < -0.3 is 14.0 Å². The SMILES string of the molecule is CC(C)c1nccn1CC1CCN(C(=O)c2ccc(-n3cccc3)cc2)CC1. The highest BCUT2D eigenvalue weighted by Crippen LogP contribution is 2.23. The van der Waals surface area contributed by atoms with Crippen LogP contribution in [0, 0.1) is 5.92 Å². The lowest BCUT2D eigenvalue weighted by Crippen LogP contribution is -2.39. The fraction of sp³-hybridized carbons (Fsp3) is 0.391. The zero-order valence-corrected chi connectivity index (χ0v) is 16.7. The first-order valence-corrected chi connectivity index (χ1v) is 10.2. The quantitative estimate of drug-likeness (QED) is 0.664. The predicted octanol–water partition coefficient (Wildman–Crippen LogP) is 4.35. The fourth-order valence-electron chi connectivity index (χ4n) is 4.04. The number of rotatable bonds is 5. The van der Waals surface area contributed by atoms with Gasteiger partial charge in [-0.25, -0.2) is 4.98 Å². The Bertz CT molecular complexity index is 900. The normalized spacial score (nSPS) is 15.3. The zero-order chi connectivity index (χ0) is 19.5. The molecule has 0 N–H and O–H groups in total. The van der Waals surface area contributed by atoms with Crippen LogP contribution in [-0.4, -0.2) is 38.0 Å². The average molecular weight is 377 g/mol. The van der Waals surface area contributed by atoms with Crippen LogP contribution in [0.15, 0.2) is 61.2 Å². The van der Waals surface area contributed by atoms with Gasteiger partial charge in [-0.1, -0.05) is 13.8 Å². The van der Waals surface area contributed by atoms with E-state index < -0.39 is 0 Å². The molecule has 0 saturated carbocycles. The van der Waals surface area contributed by atoms with Crippen molar-refractivity contribution in [3.8, 4) is 5.69 Å². The number of carbonyl (C=O) groups is 1. The number of imidazole rings is 1. The molecule has 1 amide bonds. The molecule has 0 aliphatic carbocycles. The Labute approximate surface area is 166 Å². The van der Waals surface area contributed by atoms with Gasteiger partial charge >= 0.3 is 0 Å². The third-order valence-electron chi connectivity index (χ3n) is 5.64. The van der Waals surface area contributed by atoms with Crippen molar-refractivity contribution in [3.05, 3.63) is 72.6 Å². The highest BCUT2D eigenvalue weighted by molar-refractivity contribution is 5.94. The molecular formula is C23H28N4O. The predicted molar refractivity (Wildman–Crippen MR) is 111 cm³/mol. The zero-order valence-electron chi connectivity index (χ0n) is 16.7. The van der Waals surface area contributed by atoms with Crippen molar-refractivity contribution in [2.45, 2.75) is 39.2 Å². The van der Waals surface area contributed by atoms with Crippen LogP contribution in [0.5, 0.6) is 0 Å². The van der Waals surface area contributed by atoms with Crippen LogP contribution in [0.2, 0.25) is 0 Å². The average Bonchev–Trinajstić information content (AvgIpc) is 3.40. The molecule has 5 heteroatoms. The number of hydrogen-bond acceptors (Lipinski definition) is 2. The first-order chi connectivity index (χ1) is 13.6. The minimum atomic E-state index is 0.142. The monoisotopic (exact) mass is 376 g/mol. The molecule has 0 atom stereocenters. The van der Waals surface area contributed by atoms with E-state index in [4.69, 9.17) is 0 Å². The Hall–Kier alpha value is -2.82. The molecule has 4 rings (SSSR count). The second-order valence-electron chi connectivity index (χ2n) is 7.97. The van der Waals surface area contributed by atoms with Crippen molar-refractivity contribution in [1.82, 2.24) is 19.0 Å². The van der Waals surface area contributed by atoms with E-state index in [-0.39, 0.29) is 5.91 Å². The maximum absolute atomic E-state index is 12.9. The lowest BCUT2D eigenvalue weighted by atomic mass is 9.96. The summed E-state index contributed by atoms with van der Waals surface area (Å²) in [6.07, 6.45) is 10.1.